The predicted octanol–water partition coefficient (Wildman–Crippen LogP) is 2.94. The molecule has 0 saturated carbocycles. The van der Waals surface area contributed by atoms with Gasteiger partial charge in [0.05, 0.1) is 17.4 Å². The zero-order chi connectivity index (χ0) is 26.5. The molecule has 3 heterocycles. The highest BCUT2D eigenvalue weighted by molar-refractivity contribution is 6.12. The summed E-state index contributed by atoms with van der Waals surface area (Å²) in [6.07, 6.45) is 7.45. The van der Waals surface area contributed by atoms with Gasteiger partial charge in [-0.1, -0.05) is 13.8 Å². The van der Waals surface area contributed by atoms with E-state index >= 15 is 4.39 Å². The van der Waals surface area contributed by atoms with Crippen LogP contribution < -0.4 is 27.2 Å². The van der Waals surface area contributed by atoms with Gasteiger partial charge < -0.3 is 16.3 Å². The molecule has 4 rings (SSSR count). The molecule has 198 valence electrons. The number of aromatic nitrogens is 3. The van der Waals surface area contributed by atoms with Crippen LogP contribution in [-0.4, -0.2) is 51.7 Å². The van der Waals surface area contributed by atoms with Crippen LogP contribution in [0.4, 0.5) is 20.3 Å². The van der Waals surface area contributed by atoms with E-state index in [9.17, 15) is 4.39 Å². The Morgan fingerprint density at radius 1 is 1.16 bits per heavy atom. The van der Waals surface area contributed by atoms with Crippen molar-refractivity contribution in [3.8, 4) is 16.9 Å². The van der Waals surface area contributed by atoms with E-state index in [1.165, 1.54) is 12.1 Å². The molecular formula is C25H33F2N9O. The van der Waals surface area contributed by atoms with E-state index < -0.39 is 11.6 Å². The van der Waals surface area contributed by atoms with Gasteiger partial charge in [0.25, 0.3) is 0 Å². The number of anilines is 2. The minimum Gasteiger partial charge on any atom is -0.489 e. The Morgan fingerprint density at radius 3 is 2.62 bits per heavy atom. The van der Waals surface area contributed by atoms with Gasteiger partial charge in [-0.3, -0.25) is 14.6 Å². The van der Waals surface area contributed by atoms with Crippen LogP contribution >= 0.6 is 0 Å². The second-order valence-corrected chi connectivity index (χ2v) is 9.43. The number of nitrogen functional groups attached to an aromatic ring is 1. The molecule has 0 bridgehead atoms. The van der Waals surface area contributed by atoms with Gasteiger partial charge in [-0.2, -0.15) is 14.6 Å². The van der Waals surface area contributed by atoms with Crippen LogP contribution in [0.1, 0.15) is 32.3 Å². The van der Waals surface area contributed by atoms with Crippen molar-refractivity contribution in [2.24, 2.45) is 22.7 Å². The fraction of sp³-hybridized carbons (Fsp3) is 0.400. The number of halogens is 2. The molecule has 0 radical (unpaired) electrons. The lowest BCUT2D eigenvalue weighted by Gasteiger charge is -2.22. The Labute approximate surface area is 214 Å². The van der Waals surface area contributed by atoms with Gasteiger partial charge in [0.15, 0.2) is 17.4 Å². The summed E-state index contributed by atoms with van der Waals surface area (Å²) in [7, 11) is 0. The number of hydrogen-bond acceptors (Lipinski definition) is 8. The molecule has 0 unspecified atom stereocenters. The van der Waals surface area contributed by atoms with Crippen molar-refractivity contribution in [1.29, 1.82) is 0 Å². The zero-order valence-corrected chi connectivity index (χ0v) is 21.1. The third-order valence-electron chi connectivity index (χ3n) is 6.18. The van der Waals surface area contributed by atoms with E-state index in [2.05, 4.69) is 33.9 Å². The Morgan fingerprint density at radius 2 is 1.92 bits per heavy atom. The van der Waals surface area contributed by atoms with Crippen molar-refractivity contribution in [3.05, 3.63) is 54.0 Å². The van der Waals surface area contributed by atoms with Gasteiger partial charge in [-0.25, -0.2) is 15.2 Å². The smallest absolute Gasteiger partial charge is 0.202 e. The van der Waals surface area contributed by atoms with Gasteiger partial charge >= 0.3 is 0 Å². The summed E-state index contributed by atoms with van der Waals surface area (Å²) in [5.74, 6) is 9.65. The van der Waals surface area contributed by atoms with Crippen LogP contribution in [-0.2, 0) is 6.54 Å². The molecule has 1 fully saturated rings. The number of hydrazine groups is 1. The van der Waals surface area contributed by atoms with Gasteiger partial charge in [0.1, 0.15) is 12.4 Å². The van der Waals surface area contributed by atoms with E-state index in [1.807, 2.05) is 10.9 Å². The lowest BCUT2D eigenvalue weighted by atomic mass is 10.1. The maximum Gasteiger partial charge on any atom is 0.202 e. The van der Waals surface area contributed by atoms with Crippen molar-refractivity contribution < 1.29 is 13.5 Å². The Kier molecular flexibility index (Phi) is 8.19. The third kappa shape index (κ3) is 5.97. The second kappa shape index (κ2) is 11.5. The number of amidine groups is 1. The van der Waals surface area contributed by atoms with Crippen LogP contribution in [0.3, 0.4) is 0 Å². The summed E-state index contributed by atoms with van der Waals surface area (Å²) in [5.41, 5.74) is 7.53. The minimum absolute atomic E-state index is 0.0701. The van der Waals surface area contributed by atoms with E-state index in [1.54, 1.807) is 18.5 Å². The van der Waals surface area contributed by atoms with Gasteiger partial charge in [0.2, 0.25) is 5.82 Å². The molecule has 1 aliphatic rings. The zero-order valence-electron chi connectivity index (χ0n) is 21.1. The summed E-state index contributed by atoms with van der Waals surface area (Å²) in [6, 6.07) is 4.31. The molecule has 0 aliphatic carbocycles. The maximum atomic E-state index is 15.1. The van der Waals surface area contributed by atoms with Gasteiger partial charge in [0, 0.05) is 36.6 Å². The largest absolute Gasteiger partial charge is 0.489 e. The summed E-state index contributed by atoms with van der Waals surface area (Å²) >= 11 is 0. The number of nitrogens with zero attached hydrogens (tertiary/aromatic N) is 6. The normalized spacial score (nSPS) is 14.5. The fourth-order valence-electron chi connectivity index (χ4n) is 4.28. The first kappa shape index (κ1) is 26.3. The quantitative estimate of drug-likeness (QED) is 0.172. The van der Waals surface area contributed by atoms with Crippen LogP contribution in [0.2, 0.25) is 0 Å². The fourth-order valence-corrected chi connectivity index (χ4v) is 4.28. The van der Waals surface area contributed by atoms with Gasteiger partial charge in [-0.15, -0.1) is 0 Å². The van der Waals surface area contributed by atoms with E-state index in [0.717, 1.165) is 43.0 Å². The summed E-state index contributed by atoms with van der Waals surface area (Å²) in [6.45, 7) is 7.82. The second-order valence-electron chi connectivity index (χ2n) is 9.43. The van der Waals surface area contributed by atoms with Crippen LogP contribution in [0, 0.1) is 17.6 Å². The first-order chi connectivity index (χ1) is 17.8. The lowest BCUT2D eigenvalue weighted by molar-refractivity contribution is 0.229. The molecule has 1 aromatic carbocycles. The van der Waals surface area contributed by atoms with Crippen LogP contribution in [0.15, 0.2) is 41.9 Å². The molecule has 2 aromatic heterocycles. The molecule has 12 heteroatoms. The number of hydrazone groups is 1. The molecule has 1 aliphatic heterocycles. The number of rotatable bonds is 9. The van der Waals surface area contributed by atoms with Crippen LogP contribution in [0.5, 0.6) is 5.75 Å². The summed E-state index contributed by atoms with van der Waals surface area (Å²) in [5, 5.41) is 8.92. The first-order valence-corrected chi connectivity index (χ1v) is 12.2. The van der Waals surface area contributed by atoms with E-state index in [4.69, 9.17) is 22.2 Å². The van der Waals surface area contributed by atoms with Crippen molar-refractivity contribution in [2.45, 2.75) is 33.2 Å². The number of likely N-dealkylation sites (tertiary alicyclic amines) is 1. The third-order valence-corrected chi connectivity index (χ3v) is 6.18. The standard InChI is InChI=1S/C25H33F2N9O/c1-16(2)14-35-15-18(13-32-35)17-11-19(24(28)31-12-17)25(33-29)36(30)20-5-6-21(23(27)22(20)26)37-10-9-34-7-3-4-8-34/h5-6,11-13,15-16H,3-4,7-10,14,29-30H2,1-2H3,(H2,28,31)/b33-25-. The monoisotopic (exact) mass is 513 g/mol. The summed E-state index contributed by atoms with van der Waals surface area (Å²) < 4.78 is 37.2. The molecule has 37 heavy (non-hydrogen) atoms. The summed E-state index contributed by atoms with van der Waals surface area (Å²) in [4.78, 5) is 6.44. The van der Waals surface area contributed by atoms with Crippen molar-refractivity contribution in [2.75, 3.05) is 37.0 Å². The molecule has 3 aromatic rings. The van der Waals surface area contributed by atoms with E-state index in [-0.39, 0.29) is 35.3 Å². The molecule has 10 nitrogen and oxygen atoms in total. The highest BCUT2D eigenvalue weighted by atomic mass is 19.2. The first-order valence-electron chi connectivity index (χ1n) is 12.2. The van der Waals surface area contributed by atoms with Crippen LogP contribution in [0.25, 0.3) is 11.1 Å². The average molecular weight is 514 g/mol. The highest BCUT2D eigenvalue weighted by Crippen LogP contribution is 2.30. The number of nitrogens with two attached hydrogens (primary N) is 3. The van der Waals surface area contributed by atoms with Gasteiger partial charge in [-0.05, 0) is 50.0 Å². The van der Waals surface area contributed by atoms with Crippen molar-refractivity contribution >= 4 is 17.3 Å². The Hall–Kier alpha value is -3.77. The highest BCUT2D eigenvalue weighted by Gasteiger charge is 2.24. The predicted molar refractivity (Wildman–Crippen MR) is 140 cm³/mol. The number of hydrogen-bond donors (Lipinski definition) is 3. The average Bonchev–Trinajstić information content (AvgIpc) is 3.55. The van der Waals surface area contributed by atoms with Crippen molar-refractivity contribution in [3.63, 3.8) is 0 Å². The maximum absolute atomic E-state index is 15.1. The van der Waals surface area contributed by atoms with E-state index in [0.29, 0.717) is 18.0 Å². The van der Waals surface area contributed by atoms with Crippen molar-refractivity contribution in [1.82, 2.24) is 19.7 Å². The minimum atomic E-state index is -1.19. The SMILES string of the molecule is CC(C)Cn1cc(-c2cnc(N)c(/C(=N/N)N(N)c3ccc(OCCN4CCCC4)c(F)c3F)c2)cn1. The molecule has 0 atom stereocenters. The Bertz CT molecular complexity index is 1250. The molecule has 0 amide bonds. The lowest BCUT2D eigenvalue weighted by Crippen LogP contribution is -2.40. The number of ether oxygens (including phenoxy) is 1. The number of pyridine rings is 1. The topological polar surface area (TPSA) is 137 Å². The molecule has 6 N–H and O–H groups in total. The molecule has 1 saturated heterocycles. The molecule has 0 spiro atoms. The Balaban J connectivity index is 1.55. The molecular weight excluding hydrogens is 480 g/mol. The number of benzene rings is 1.